The number of nitrogens with zero attached hydrogens (tertiary/aromatic N) is 1. The van der Waals surface area contributed by atoms with Crippen molar-refractivity contribution in [3.05, 3.63) is 18.2 Å². The topological polar surface area (TPSA) is 40.7 Å². The standard InChI is InChI=1S/C13H23N3/c1-10(2)11-3-5-12(6-4-11)15-8-13-7-14-9-16-13/h7,9-12,15H,3-6,8H2,1-2H3,(H,14,16). The third-order valence-electron chi connectivity index (χ3n) is 3.85. The van der Waals surface area contributed by atoms with Crippen LogP contribution in [0.15, 0.2) is 12.5 Å². The van der Waals surface area contributed by atoms with E-state index < -0.39 is 0 Å². The maximum absolute atomic E-state index is 4.03. The molecule has 2 rings (SSSR count). The molecule has 0 saturated heterocycles. The summed E-state index contributed by atoms with van der Waals surface area (Å²) in [6.07, 6.45) is 9.07. The van der Waals surface area contributed by atoms with Gasteiger partial charge in [0.05, 0.1) is 6.33 Å². The number of hydrogen-bond donors (Lipinski definition) is 2. The quantitative estimate of drug-likeness (QED) is 0.820. The molecule has 0 bridgehead atoms. The van der Waals surface area contributed by atoms with Crippen molar-refractivity contribution >= 4 is 0 Å². The van der Waals surface area contributed by atoms with Gasteiger partial charge in [0.1, 0.15) is 0 Å². The molecule has 1 aliphatic carbocycles. The van der Waals surface area contributed by atoms with E-state index >= 15 is 0 Å². The van der Waals surface area contributed by atoms with Gasteiger partial charge in [-0.15, -0.1) is 0 Å². The minimum absolute atomic E-state index is 0.707. The van der Waals surface area contributed by atoms with Gasteiger partial charge in [0, 0.05) is 24.5 Å². The van der Waals surface area contributed by atoms with Gasteiger partial charge in [0.2, 0.25) is 0 Å². The fourth-order valence-electron chi connectivity index (χ4n) is 2.63. The Balaban J connectivity index is 1.69. The second kappa shape index (κ2) is 5.48. The normalized spacial score (nSPS) is 26.2. The molecule has 2 N–H and O–H groups in total. The second-order valence-corrected chi connectivity index (χ2v) is 5.31. The Kier molecular flexibility index (Phi) is 3.99. The predicted molar refractivity (Wildman–Crippen MR) is 66.0 cm³/mol. The van der Waals surface area contributed by atoms with Gasteiger partial charge in [-0.2, -0.15) is 0 Å². The molecular weight excluding hydrogens is 198 g/mol. The Labute approximate surface area is 98.1 Å². The monoisotopic (exact) mass is 221 g/mol. The first-order chi connectivity index (χ1) is 7.75. The van der Waals surface area contributed by atoms with Crippen LogP contribution >= 0.6 is 0 Å². The molecule has 0 aliphatic heterocycles. The van der Waals surface area contributed by atoms with Gasteiger partial charge in [-0.1, -0.05) is 13.8 Å². The molecule has 3 heteroatoms. The molecule has 1 saturated carbocycles. The molecule has 1 aromatic heterocycles. The van der Waals surface area contributed by atoms with Gasteiger partial charge >= 0.3 is 0 Å². The lowest BCUT2D eigenvalue weighted by atomic mass is 9.80. The Morgan fingerprint density at radius 3 is 2.69 bits per heavy atom. The SMILES string of the molecule is CC(C)C1CCC(NCc2cnc[nH]2)CC1. The summed E-state index contributed by atoms with van der Waals surface area (Å²) < 4.78 is 0. The van der Waals surface area contributed by atoms with Crippen LogP contribution in [0.5, 0.6) is 0 Å². The largest absolute Gasteiger partial charge is 0.347 e. The van der Waals surface area contributed by atoms with Gasteiger partial charge in [-0.3, -0.25) is 0 Å². The molecule has 0 amide bonds. The fourth-order valence-corrected chi connectivity index (χ4v) is 2.63. The molecule has 3 nitrogen and oxygen atoms in total. The number of hydrogen-bond acceptors (Lipinski definition) is 2. The first-order valence-corrected chi connectivity index (χ1v) is 6.46. The Morgan fingerprint density at radius 2 is 2.12 bits per heavy atom. The molecule has 1 aliphatic rings. The molecule has 0 aromatic carbocycles. The van der Waals surface area contributed by atoms with Crippen LogP contribution in [0.4, 0.5) is 0 Å². The van der Waals surface area contributed by atoms with Crippen molar-refractivity contribution in [3.8, 4) is 0 Å². The fraction of sp³-hybridized carbons (Fsp3) is 0.769. The van der Waals surface area contributed by atoms with E-state index in [1.165, 1.54) is 31.4 Å². The van der Waals surface area contributed by atoms with Gasteiger partial charge in [0.15, 0.2) is 0 Å². The zero-order valence-electron chi connectivity index (χ0n) is 10.4. The highest BCUT2D eigenvalue weighted by molar-refractivity contribution is 4.94. The predicted octanol–water partition coefficient (Wildman–Crippen LogP) is 2.71. The highest BCUT2D eigenvalue weighted by atomic mass is 15.0. The lowest BCUT2D eigenvalue weighted by molar-refractivity contribution is 0.238. The summed E-state index contributed by atoms with van der Waals surface area (Å²) in [5, 5.41) is 3.61. The molecule has 0 radical (unpaired) electrons. The van der Waals surface area contributed by atoms with Crippen molar-refractivity contribution in [3.63, 3.8) is 0 Å². The molecular formula is C13H23N3. The van der Waals surface area contributed by atoms with Gasteiger partial charge in [-0.05, 0) is 37.5 Å². The third-order valence-corrected chi connectivity index (χ3v) is 3.85. The van der Waals surface area contributed by atoms with E-state index in [4.69, 9.17) is 0 Å². The zero-order chi connectivity index (χ0) is 11.4. The molecule has 1 heterocycles. The second-order valence-electron chi connectivity index (χ2n) is 5.31. The Hall–Kier alpha value is -0.830. The summed E-state index contributed by atoms with van der Waals surface area (Å²) in [7, 11) is 0. The number of aromatic nitrogens is 2. The minimum Gasteiger partial charge on any atom is -0.347 e. The summed E-state index contributed by atoms with van der Waals surface area (Å²) in [4.78, 5) is 7.16. The van der Waals surface area contributed by atoms with Crippen LogP contribution in [0.25, 0.3) is 0 Å². The van der Waals surface area contributed by atoms with E-state index in [-0.39, 0.29) is 0 Å². The Morgan fingerprint density at radius 1 is 1.38 bits per heavy atom. The summed E-state index contributed by atoms with van der Waals surface area (Å²) in [6.45, 7) is 5.63. The Bertz CT molecular complexity index is 284. The van der Waals surface area contributed by atoms with Crippen molar-refractivity contribution in [1.29, 1.82) is 0 Å². The zero-order valence-corrected chi connectivity index (χ0v) is 10.4. The van der Waals surface area contributed by atoms with E-state index in [9.17, 15) is 0 Å². The van der Waals surface area contributed by atoms with Crippen LogP contribution in [0.2, 0.25) is 0 Å². The van der Waals surface area contributed by atoms with Crippen LogP contribution in [0.3, 0.4) is 0 Å². The number of nitrogens with one attached hydrogen (secondary N) is 2. The van der Waals surface area contributed by atoms with E-state index in [1.807, 2.05) is 6.20 Å². The van der Waals surface area contributed by atoms with E-state index in [0.717, 1.165) is 18.4 Å². The van der Waals surface area contributed by atoms with E-state index in [0.29, 0.717) is 6.04 Å². The van der Waals surface area contributed by atoms with Gasteiger partial charge < -0.3 is 10.3 Å². The van der Waals surface area contributed by atoms with Crippen molar-refractivity contribution in [2.24, 2.45) is 11.8 Å². The van der Waals surface area contributed by atoms with Crippen LogP contribution < -0.4 is 5.32 Å². The van der Waals surface area contributed by atoms with Crippen LogP contribution in [-0.4, -0.2) is 16.0 Å². The lowest BCUT2D eigenvalue weighted by Crippen LogP contribution is -2.33. The van der Waals surface area contributed by atoms with Crippen molar-refractivity contribution in [2.75, 3.05) is 0 Å². The lowest BCUT2D eigenvalue weighted by Gasteiger charge is -2.31. The summed E-state index contributed by atoms with van der Waals surface area (Å²) >= 11 is 0. The highest BCUT2D eigenvalue weighted by Gasteiger charge is 2.22. The van der Waals surface area contributed by atoms with E-state index in [2.05, 4.69) is 29.1 Å². The number of rotatable bonds is 4. The molecule has 1 aromatic rings. The smallest absolute Gasteiger partial charge is 0.0922 e. The maximum atomic E-state index is 4.03. The van der Waals surface area contributed by atoms with Crippen LogP contribution in [0, 0.1) is 11.8 Å². The van der Waals surface area contributed by atoms with Crippen molar-refractivity contribution in [1.82, 2.24) is 15.3 Å². The highest BCUT2D eigenvalue weighted by Crippen LogP contribution is 2.29. The molecule has 16 heavy (non-hydrogen) atoms. The molecule has 0 atom stereocenters. The average Bonchev–Trinajstić information content (AvgIpc) is 2.80. The van der Waals surface area contributed by atoms with E-state index in [1.54, 1.807) is 6.33 Å². The summed E-state index contributed by atoms with van der Waals surface area (Å²) in [6, 6.07) is 0.707. The molecule has 90 valence electrons. The molecule has 0 spiro atoms. The molecule has 0 unspecified atom stereocenters. The minimum atomic E-state index is 0.707. The van der Waals surface area contributed by atoms with Crippen molar-refractivity contribution in [2.45, 2.75) is 52.1 Å². The first-order valence-electron chi connectivity index (χ1n) is 6.46. The maximum Gasteiger partial charge on any atom is 0.0922 e. The molecule has 1 fully saturated rings. The van der Waals surface area contributed by atoms with Crippen molar-refractivity contribution < 1.29 is 0 Å². The number of imidazole rings is 1. The third kappa shape index (κ3) is 3.08. The van der Waals surface area contributed by atoms with Gasteiger partial charge in [-0.25, -0.2) is 4.98 Å². The first kappa shape index (κ1) is 11.6. The summed E-state index contributed by atoms with van der Waals surface area (Å²) in [5.41, 5.74) is 1.19. The number of H-pyrrole nitrogens is 1. The average molecular weight is 221 g/mol. The van der Waals surface area contributed by atoms with Crippen LogP contribution in [-0.2, 0) is 6.54 Å². The summed E-state index contributed by atoms with van der Waals surface area (Å²) in [5.74, 6) is 1.80. The van der Waals surface area contributed by atoms with Gasteiger partial charge in [0.25, 0.3) is 0 Å². The number of aromatic amines is 1. The van der Waals surface area contributed by atoms with Crippen LogP contribution in [0.1, 0.15) is 45.2 Å².